The first-order chi connectivity index (χ1) is 15.9. The van der Waals surface area contributed by atoms with Crippen molar-refractivity contribution in [2.24, 2.45) is 31.8 Å². The van der Waals surface area contributed by atoms with Crippen LogP contribution < -0.4 is 16.6 Å². The molecule has 0 saturated heterocycles. The number of rotatable bonds is 4. The second-order valence-corrected chi connectivity index (χ2v) is 13.3. The molecule has 1 N–H and O–H groups in total. The summed E-state index contributed by atoms with van der Waals surface area (Å²) < 4.78 is 2.46. The van der Waals surface area contributed by atoms with Gasteiger partial charge < -0.3 is 5.32 Å². The fraction of sp³-hybridized carbons (Fsp3) is 0.720. The lowest BCUT2D eigenvalue weighted by Crippen LogP contribution is -2.60. The number of aromatic nitrogens is 4. The Labute approximate surface area is 203 Å². The lowest BCUT2D eigenvalue weighted by molar-refractivity contribution is -0.126. The largest absolute Gasteiger partial charge is 0.350 e. The summed E-state index contributed by atoms with van der Waals surface area (Å²) >= 11 is 1.29. The van der Waals surface area contributed by atoms with E-state index in [9.17, 15) is 14.4 Å². The molecule has 0 unspecified atom stereocenters. The van der Waals surface area contributed by atoms with E-state index in [0.717, 1.165) is 41.6 Å². The predicted molar refractivity (Wildman–Crippen MR) is 133 cm³/mol. The SMILES string of the molecule is C[C@H](Sc1nc(C(C)(C)C)nc2c1c(=O)n(C)c(=O)n2C)C(=O)NC12CC3CC(CC(C3)C1)C2. The number of amides is 1. The van der Waals surface area contributed by atoms with E-state index in [0.29, 0.717) is 16.5 Å². The number of hydrogen-bond acceptors (Lipinski definition) is 6. The number of aryl methyl sites for hydroxylation is 1. The van der Waals surface area contributed by atoms with Gasteiger partial charge in [0.1, 0.15) is 16.2 Å². The average Bonchev–Trinajstić information content (AvgIpc) is 2.73. The van der Waals surface area contributed by atoms with Crippen LogP contribution in [0.4, 0.5) is 0 Å². The molecule has 4 saturated carbocycles. The molecule has 34 heavy (non-hydrogen) atoms. The second kappa shape index (κ2) is 7.93. The second-order valence-electron chi connectivity index (χ2n) is 12.0. The normalized spacial score (nSPS) is 28.9. The van der Waals surface area contributed by atoms with E-state index in [1.165, 1.54) is 42.6 Å². The number of fused-ring (bicyclic) bond motifs is 1. The predicted octanol–water partition coefficient (Wildman–Crippen LogP) is 2.89. The van der Waals surface area contributed by atoms with E-state index in [-0.39, 0.29) is 22.2 Å². The molecule has 6 rings (SSSR count). The summed E-state index contributed by atoms with van der Waals surface area (Å²) in [6, 6.07) is 0. The zero-order chi connectivity index (χ0) is 24.6. The van der Waals surface area contributed by atoms with Gasteiger partial charge in [0.05, 0.1) is 5.25 Å². The summed E-state index contributed by atoms with van der Waals surface area (Å²) in [5, 5.41) is 3.76. The summed E-state index contributed by atoms with van der Waals surface area (Å²) in [4.78, 5) is 48.4. The van der Waals surface area contributed by atoms with Crippen molar-refractivity contribution in [1.29, 1.82) is 0 Å². The maximum atomic E-state index is 13.4. The first kappa shape index (κ1) is 23.6. The lowest BCUT2D eigenvalue weighted by Gasteiger charge is -2.57. The molecule has 1 atom stereocenters. The van der Waals surface area contributed by atoms with Crippen LogP contribution >= 0.6 is 11.8 Å². The minimum absolute atomic E-state index is 0.00216. The molecule has 2 aromatic heterocycles. The van der Waals surface area contributed by atoms with Crippen LogP contribution in [0.15, 0.2) is 14.6 Å². The van der Waals surface area contributed by atoms with Gasteiger partial charge >= 0.3 is 5.69 Å². The minimum atomic E-state index is -0.435. The van der Waals surface area contributed by atoms with E-state index in [1.54, 1.807) is 7.05 Å². The molecule has 2 aromatic rings. The standard InChI is InChI=1S/C25H35N5O3S/c1-13(19(31)28-25-10-14-7-15(11-25)9-16(8-14)12-25)34-20-17-18(26-22(27-20)24(2,3)4)29(5)23(33)30(6)21(17)32/h13-16H,7-12H2,1-6H3,(H,28,31)/t13-,14?,15?,16?,25?/m0/s1. The molecule has 0 radical (unpaired) electrons. The van der Waals surface area contributed by atoms with Gasteiger partial charge in [0.2, 0.25) is 5.91 Å². The molecule has 2 heterocycles. The van der Waals surface area contributed by atoms with Crippen LogP contribution in [-0.2, 0) is 24.3 Å². The fourth-order valence-electron chi connectivity index (χ4n) is 6.70. The molecule has 0 spiro atoms. The Bertz CT molecular complexity index is 1250. The molecule has 1 amide bonds. The highest BCUT2D eigenvalue weighted by atomic mass is 32.2. The number of nitrogens with one attached hydrogen (secondary N) is 1. The summed E-state index contributed by atoms with van der Waals surface area (Å²) in [6.45, 7) is 7.85. The zero-order valence-electron chi connectivity index (χ0n) is 21.0. The number of hydrogen-bond donors (Lipinski definition) is 1. The molecule has 4 fully saturated rings. The number of thioether (sulfide) groups is 1. The highest BCUT2D eigenvalue weighted by Gasteiger charge is 2.51. The van der Waals surface area contributed by atoms with Gasteiger partial charge in [-0.05, 0) is 63.2 Å². The maximum absolute atomic E-state index is 13.4. The summed E-state index contributed by atoms with van der Waals surface area (Å²) in [6.07, 6.45) is 7.25. The lowest BCUT2D eigenvalue weighted by atomic mass is 9.53. The third-order valence-corrected chi connectivity index (χ3v) is 9.11. The van der Waals surface area contributed by atoms with Crippen molar-refractivity contribution in [3.63, 3.8) is 0 Å². The topological polar surface area (TPSA) is 98.9 Å². The molecule has 8 nitrogen and oxygen atoms in total. The monoisotopic (exact) mass is 485 g/mol. The minimum Gasteiger partial charge on any atom is -0.350 e. The first-order valence-corrected chi connectivity index (χ1v) is 13.2. The smallest absolute Gasteiger partial charge is 0.332 e. The Balaban J connectivity index is 1.48. The van der Waals surface area contributed by atoms with E-state index < -0.39 is 16.5 Å². The Morgan fingerprint density at radius 3 is 2.12 bits per heavy atom. The van der Waals surface area contributed by atoms with Crippen LogP contribution in [0.2, 0.25) is 0 Å². The van der Waals surface area contributed by atoms with Crippen molar-refractivity contribution in [3.8, 4) is 0 Å². The molecule has 4 bridgehead atoms. The van der Waals surface area contributed by atoms with Gasteiger partial charge in [-0.2, -0.15) is 0 Å². The Morgan fingerprint density at radius 1 is 1.03 bits per heavy atom. The van der Waals surface area contributed by atoms with E-state index in [4.69, 9.17) is 4.98 Å². The summed E-state index contributed by atoms with van der Waals surface area (Å²) in [7, 11) is 3.07. The first-order valence-electron chi connectivity index (χ1n) is 12.3. The number of carbonyl (C=O) groups is 1. The molecule has 184 valence electrons. The summed E-state index contributed by atoms with van der Waals surface area (Å²) in [5.74, 6) is 2.79. The van der Waals surface area contributed by atoms with Crippen LogP contribution in [0.3, 0.4) is 0 Å². The third-order valence-electron chi connectivity index (χ3n) is 8.02. The van der Waals surface area contributed by atoms with Gasteiger partial charge in [-0.1, -0.05) is 32.5 Å². The van der Waals surface area contributed by atoms with Crippen molar-refractivity contribution in [1.82, 2.24) is 24.4 Å². The van der Waals surface area contributed by atoms with Gasteiger partial charge in [0, 0.05) is 25.0 Å². The molecule has 4 aliphatic rings. The fourth-order valence-corrected chi connectivity index (χ4v) is 7.63. The molecule has 0 aliphatic heterocycles. The van der Waals surface area contributed by atoms with Crippen molar-refractivity contribution in [2.45, 2.75) is 87.4 Å². The summed E-state index contributed by atoms with van der Waals surface area (Å²) in [5.41, 5.74) is -1.00. The van der Waals surface area contributed by atoms with E-state index >= 15 is 0 Å². The van der Waals surface area contributed by atoms with Crippen molar-refractivity contribution in [3.05, 3.63) is 26.7 Å². The molecule has 9 heteroatoms. The average molecular weight is 486 g/mol. The molecular formula is C25H35N5O3S. The van der Waals surface area contributed by atoms with Crippen LogP contribution in [0.5, 0.6) is 0 Å². The highest BCUT2D eigenvalue weighted by Crippen LogP contribution is 2.55. The zero-order valence-corrected chi connectivity index (χ0v) is 21.8. The van der Waals surface area contributed by atoms with Gasteiger partial charge in [0.15, 0.2) is 5.65 Å². The molecule has 4 aliphatic carbocycles. The number of nitrogens with zero attached hydrogens (tertiary/aromatic N) is 4. The Hall–Kier alpha value is -2.16. The quantitative estimate of drug-likeness (QED) is 0.528. The van der Waals surface area contributed by atoms with E-state index in [2.05, 4.69) is 10.3 Å². The highest BCUT2D eigenvalue weighted by molar-refractivity contribution is 8.00. The Kier molecular flexibility index (Phi) is 5.50. The van der Waals surface area contributed by atoms with Crippen LogP contribution in [0.25, 0.3) is 11.0 Å². The van der Waals surface area contributed by atoms with Gasteiger partial charge in [-0.3, -0.25) is 18.7 Å². The Morgan fingerprint density at radius 2 is 1.59 bits per heavy atom. The molecular weight excluding hydrogens is 450 g/mol. The van der Waals surface area contributed by atoms with Gasteiger partial charge in [-0.15, -0.1) is 0 Å². The van der Waals surface area contributed by atoms with E-state index in [1.807, 2.05) is 27.7 Å². The third kappa shape index (κ3) is 3.89. The van der Waals surface area contributed by atoms with Crippen LogP contribution in [-0.4, -0.2) is 35.8 Å². The van der Waals surface area contributed by atoms with Crippen LogP contribution in [0, 0.1) is 17.8 Å². The maximum Gasteiger partial charge on any atom is 0.332 e. The van der Waals surface area contributed by atoms with Crippen molar-refractivity contribution < 1.29 is 4.79 Å². The van der Waals surface area contributed by atoms with Crippen molar-refractivity contribution in [2.75, 3.05) is 0 Å². The van der Waals surface area contributed by atoms with Gasteiger partial charge in [-0.25, -0.2) is 14.8 Å². The van der Waals surface area contributed by atoms with Crippen molar-refractivity contribution >= 4 is 28.7 Å². The molecule has 0 aromatic carbocycles. The van der Waals surface area contributed by atoms with Gasteiger partial charge in [0.25, 0.3) is 5.56 Å². The van der Waals surface area contributed by atoms with Crippen LogP contribution in [0.1, 0.15) is 72.0 Å². The number of carbonyl (C=O) groups excluding carboxylic acids is 1.